The molecule has 0 saturated carbocycles. The van der Waals surface area contributed by atoms with E-state index in [-0.39, 0.29) is 5.91 Å². The van der Waals surface area contributed by atoms with Crippen molar-refractivity contribution in [3.8, 4) is 0 Å². The summed E-state index contributed by atoms with van der Waals surface area (Å²) in [7, 11) is 1.81. The van der Waals surface area contributed by atoms with Crippen LogP contribution in [0, 0.1) is 5.92 Å². The number of hydrogen-bond donors (Lipinski definition) is 1. The zero-order valence-electron chi connectivity index (χ0n) is 9.08. The van der Waals surface area contributed by atoms with Crippen LogP contribution in [0.25, 0.3) is 0 Å². The van der Waals surface area contributed by atoms with Crippen molar-refractivity contribution in [2.24, 2.45) is 13.0 Å². The fourth-order valence-electron chi connectivity index (χ4n) is 1.08. The Morgan fingerprint density at radius 3 is 2.80 bits per heavy atom. The lowest BCUT2D eigenvalue weighted by Gasteiger charge is -2.07. The van der Waals surface area contributed by atoms with E-state index in [0.29, 0.717) is 18.2 Å². The third-order valence-corrected chi connectivity index (χ3v) is 2.22. The maximum atomic E-state index is 11.6. The van der Waals surface area contributed by atoms with Crippen molar-refractivity contribution in [3.05, 3.63) is 22.4 Å². The van der Waals surface area contributed by atoms with E-state index in [1.54, 1.807) is 10.6 Å². The Hall–Kier alpha value is -0.810. The summed E-state index contributed by atoms with van der Waals surface area (Å²) in [4.78, 5) is 16.6. The van der Waals surface area contributed by atoms with Crippen LogP contribution in [-0.2, 0) is 11.9 Å². The molecule has 0 aliphatic carbocycles. The molecule has 0 fully saturated rings. The van der Waals surface area contributed by atoms with Gasteiger partial charge in [-0.15, -0.1) is 0 Å². The molecule has 15 heavy (non-hydrogen) atoms. The Morgan fingerprint density at radius 1 is 1.67 bits per heavy atom. The predicted molar refractivity (Wildman–Crippen MR) is 61.4 cm³/mol. The quantitative estimate of drug-likeness (QED) is 0.855. The van der Waals surface area contributed by atoms with Gasteiger partial charge in [-0.1, -0.05) is 13.8 Å². The minimum Gasteiger partial charge on any atom is -0.345 e. The zero-order chi connectivity index (χ0) is 11.4. The largest absolute Gasteiger partial charge is 0.345 e. The average Bonchev–Trinajstić information content (AvgIpc) is 2.44. The summed E-state index contributed by atoms with van der Waals surface area (Å²) in [5, 5.41) is 0. The van der Waals surface area contributed by atoms with E-state index in [4.69, 9.17) is 4.84 Å². The van der Waals surface area contributed by atoms with Crippen molar-refractivity contribution in [2.45, 2.75) is 13.8 Å². The van der Waals surface area contributed by atoms with Gasteiger partial charge in [0.2, 0.25) is 0 Å². The molecule has 1 amide bonds. The molecule has 0 unspecified atom stereocenters. The number of aromatic nitrogens is 1. The fourth-order valence-corrected chi connectivity index (χ4v) is 1.60. The fraction of sp³-hybridized carbons (Fsp3) is 0.500. The average molecular weight is 275 g/mol. The number of hydrogen-bond acceptors (Lipinski definition) is 2. The van der Waals surface area contributed by atoms with Crippen LogP contribution in [0.5, 0.6) is 0 Å². The lowest BCUT2D eigenvalue weighted by Crippen LogP contribution is -2.27. The highest BCUT2D eigenvalue weighted by molar-refractivity contribution is 9.10. The number of nitrogens with one attached hydrogen (secondary N) is 1. The number of aryl methyl sites for hydroxylation is 1. The maximum absolute atomic E-state index is 11.6. The minimum atomic E-state index is -0.233. The Balaban J connectivity index is 2.50. The summed E-state index contributed by atoms with van der Waals surface area (Å²) in [6, 6.07) is 1.74. The Bertz CT molecular complexity index is 347. The van der Waals surface area contributed by atoms with E-state index in [0.717, 1.165) is 4.47 Å². The normalized spacial score (nSPS) is 10.7. The second kappa shape index (κ2) is 5.32. The van der Waals surface area contributed by atoms with Crippen molar-refractivity contribution in [3.63, 3.8) is 0 Å². The first-order chi connectivity index (χ1) is 7.00. The molecule has 1 aromatic rings. The molecule has 1 rings (SSSR count). The second-order valence-electron chi connectivity index (χ2n) is 3.79. The van der Waals surface area contributed by atoms with Gasteiger partial charge in [0.25, 0.3) is 5.91 Å². The second-order valence-corrected chi connectivity index (χ2v) is 4.71. The van der Waals surface area contributed by atoms with Crippen molar-refractivity contribution in [1.29, 1.82) is 0 Å². The van der Waals surface area contributed by atoms with Crippen molar-refractivity contribution >= 4 is 21.8 Å². The molecule has 0 aliphatic heterocycles. The number of hydroxylamine groups is 1. The van der Waals surface area contributed by atoms with Crippen LogP contribution in [0.2, 0.25) is 0 Å². The molecule has 4 nitrogen and oxygen atoms in total. The van der Waals surface area contributed by atoms with Gasteiger partial charge in [-0.3, -0.25) is 9.63 Å². The molecule has 84 valence electrons. The number of halogens is 1. The van der Waals surface area contributed by atoms with Gasteiger partial charge in [0.1, 0.15) is 5.69 Å². The van der Waals surface area contributed by atoms with Crippen molar-refractivity contribution in [2.75, 3.05) is 6.61 Å². The third-order valence-electron chi connectivity index (χ3n) is 1.79. The van der Waals surface area contributed by atoms with Gasteiger partial charge in [0.15, 0.2) is 0 Å². The zero-order valence-corrected chi connectivity index (χ0v) is 10.7. The van der Waals surface area contributed by atoms with Gasteiger partial charge in [-0.2, -0.15) is 0 Å². The summed E-state index contributed by atoms with van der Waals surface area (Å²) in [5.41, 5.74) is 2.96. The van der Waals surface area contributed by atoms with Gasteiger partial charge in [-0.25, -0.2) is 5.48 Å². The van der Waals surface area contributed by atoms with Gasteiger partial charge < -0.3 is 4.57 Å². The number of carbonyl (C=O) groups is 1. The van der Waals surface area contributed by atoms with Gasteiger partial charge >= 0.3 is 0 Å². The van der Waals surface area contributed by atoms with Crippen molar-refractivity contribution in [1.82, 2.24) is 10.0 Å². The summed E-state index contributed by atoms with van der Waals surface area (Å²) in [5.74, 6) is 0.161. The summed E-state index contributed by atoms with van der Waals surface area (Å²) >= 11 is 3.30. The Labute approximate surface area is 97.7 Å². The summed E-state index contributed by atoms with van der Waals surface area (Å²) < 4.78 is 2.61. The molecule has 0 radical (unpaired) electrons. The monoisotopic (exact) mass is 274 g/mol. The van der Waals surface area contributed by atoms with E-state index in [1.165, 1.54) is 0 Å². The highest BCUT2D eigenvalue weighted by Gasteiger charge is 2.10. The number of amides is 1. The van der Waals surface area contributed by atoms with Gasteiger partial charge in [0.05, 0.1) is 6.61 Å². The molecule has 5 heteroatoms. The third kappa shape index (κ3) is 3.68. The maximum Gasteiger partial charge on any atom is 0.291 e. The molecule has 0 aliphatic rings. The van der Waals surface area contributed by atoms with E-state index in [2.05, 4.69) is 21.4 Å². The molecule has 1 N–H and O–H groups in total. The highest BCUT2D eigenvalue weighted by Crippen LogP contribution is 2.13. The van der Waals surface area contributed by atoms with E-state index in [9.17, 15) is 4.79 Å². The first-order valence-electron chi connectivity index (χ1n) is 4.74. The number of nitrogens with zero attached hydrogens (tertiary/aromatic N) is 1. The SMILES string of the molecule is CC(C)CONC(=O)c1cc(Br)cn1C. The summed E-state index contributed by atoms with van der Waals surface area (Å²) in [6.45, 7) is 4.55. The van der Waals surface area contributed by atoms with E-state index >= 15 is 0 Å². The Morgan fingerprint density at radius 2 is 2.33 bits per heavy atom. The predicted octanol–water partition coefficient (Wildman–Crippen LogP) is 2.10. The van der Waals surface area contributed by atoms with Crippen LogP contribution in [0.3, 0.4) is 0 Å². The smallest absolute Gasteiger partial charge is 0.291 e. The number of rotatable bonds is 4. The molecule has 1 aromatic heterocycles. The highest BCUT2D eigenvalue weighted by atomic mass is 79.9. The molecule has 0 saturated heterocycles. The minimum absolute atomic E-state index is 0.233. The van der Waals surface area contributed by atoms with Gasteiger partial charge in [0, 0.05) is 17.7 Å². The lowest BCUT2D eigenvalue weighted by atomic mass is 10.2. The van der Waals surface area contributed by atoms with Gasteiger partial charge in [-0.05, 0) is 27.9 Å². The van der Waals surface area contributed by atoms with Crippen LogP contribution in [-0.4, -0.2) is 17.1 Å². The van der Waals surface area contributed by atoms with Crippen LogP contribution in [0.1, 0.15) is 24.3 Å². The molecule has 1 heterocycles. The number of carbonyl (C=O) groups excluding carboxylic acids is 1. The Kier molecular flexibility index (Phi) is 4.35. The first-order valence-corrected chi connectivity index (χ1v) is 5.54. The van der Waals surface area contributed by atoms with Crippen LogP contribution >= 0.6 is 15.9 Å². The van der Waals surface area contributed by atoms with Crippen LogP contribution < -0.4 is 5.48 Å². The molecule has 0 spiro atoms. The lowest BCUT2D eigenvalue weighted by molar-refractivity contribution is 0.0202. The van der Waals surface area contributed by atoms with Crippen LogP contribution in [0.4, 0.5) is 0 Å². The topological polar surface area (TPSA) is 43.3 Å². The van der Waals surface area contributed by atoms with Crippen molar-refractivity contribution < 1.29 is 9.63 Å². The molecular formula is C10H15BrN2O2. The van der Waals surface area contributed by atoms with E-state index < -0.39 is 0 Å². The molecule has 0 atom stereocenters. The van der Waals surface area contributed by atoms with Crippen LogP contribution in [0.15, 0.2) is 16.7 Å². The molecular weight excluding hydrogens is 260 g/mol. The first kappa shape index (κ1) is 12.3. The molecule has 0 aromatic carbocycles. The standard InChI is InChI=1S/C10H15BrN2O2/c1-7(2)6-15-12-10(14)9-4-8(11)5-13(9)3/h4-5,7H,6H2,1-3H3,(H,12,14). The summed E-state index contributed by atoms with van der Waals surface area (Å²) in [6.07, 6.45) is 1.82. The van der Waals surface area contributed by atoms with E-state index in [1.807, 2.05) is 27.1 Å². The molecule has 0 bridgehead atoms.